The molecular formula is C15H14Br2N2O6. The average Bonchev–Trinajstić information content (AvgIpc) is 2.62. The summed E-state index contributed by atoms with van der Waals surface area (Å²) in [6.45, 7) is 0. The summed E-state index contributed by atoms with van der Waals surface area (Å²) in [7, 11) is 4.28. The number of carbonyl (C=O) groups excluding carboxylic acids is 1. The van der Waals surface area contributed by atoms with Crippen LogP contribution in [-0.2, 0) is 4.74 Å². The number of halogens is 2. The van der Waals surface area contributed by atoms with Gasteiger partial charge in [-0.1, -0.05) is 0 Å². The van der Waals surface area contributed by atoms with Crippen LogP contribution >= 0.6 is 31.9 Å². The monoisotopic (exact) mass is 476 g/mol. The molecule has 0 fully saturated rings. The zero-order chi connectivity index (χ0) is 19.0. The van der Waals surface area contributed by atoms with Crippen molar-refractivity contribution in [1.82, 2.24) is 9.97 Å². The molecule has 2 heterocycles. The second kappa shape index (κ2) is 9.94. The number of aromatic carboxylic acids is 1. The fourth-order valence-electron chi connectivity index (χ4n) is 1.49. The SMILES string of the molecule is COC(=O)c1cc(OC)c(Br)cn1.COc1cc(C(=O)O)ncc1Br. The molecule has 2 rings (SSSR count). The summed E-state index contributed by atoms with van der Waals surface area (Å²) in [6, 6.07) is 2.86. The lowest BCUT2D eigenvalue weighted by Gasteiger charge is -2.03. The molecular weight excluding hydrogens is 464 g/mol. The Kier molecular flexibility index (Phi) is 8.29. The van der Waals surface area contributed by atoms with Gasteiger partial charge in [-0.3, -0.25) is 0 Å². The van der Waals surface area contributed by atoms with Crippen LogP contribution in [0.4, 0.5) is 0 Å². The molecule has 0 aliphatic carbocycles. The zero-order valence-electron chi connectivity index (χ0n) is 13.4. The van der Waals surface area contributed by atoms with Gasteiger partial charge in [0.05, 0.1) is 30.3 Å². The second-order valence-corrected chi connectivity index (χ2v) is 5.91. The largest absolute Gasteiger partial charge is 0.495 e. The third-order valence-electron chi connectivity index (χ3n) is 2.69. The highest BCUT2D eigenvalue weighted by Gasteiger charge is 2.10. The Morgan fingerprint density at radius 1 is 0.920 bits per heavy atom. The maximum atomic E-state index is 11.0. The minimum Gasteiger partial charge on any atom is -0.495 e. The number of pyridine rings is 2. The Balaban J connectivity index is 0.000000251. The Bertz CT molecular complexity index is 770. The number of nitrogens with zero attached hydrogens (tertiary/aromatic N) is 2. The first kappa shape index (κ1) is 20.8. The molecule has 134 valence electrons. The highest BCUT2D eigenvalue weighted by molar-refractivity contribution is 9.10. The van der Waals surface area contributed by atoms with E-state index >= 15 is 0 Å². The number of carbonyl (C=O) groups is 2. The van der Waals surface area contributed by atoms with Gasteiger partial charge in [0.25, 0.3) is 0 Å². The summed E-state index contributed by atoms with van der Waals surface area (Å²) in [4.78, 5) is 29.0. The van der Waals surface area contributed by atoms with Crippen molar-refractivity contribution < 1.29 is 28.9 Å². The maximum absolute atomic E-state index is 11.0. The first-order valence-corrected chi connectivity index (χ1v) is 8.13. The molecule has 0 atom stereocenters. The van der Waals surface area contributed by atoms with Crippen LogP contribution in [0.25, 0.3) is 0 Å². The summed E-state index contributed by atoms with van der Waals surface area (Å²) in [5.41, 5.74) is 0.192. The van der Waals surface area contributed by atoms with Crippen LogP contribution in [0.1, 0.15) is 21.0 Å². The predicted octanol–water partition coefficient (Wildman–Crippen LogP) is 3.19. The lowest BCUT2D eigenvalue weighted by Crippen LogP contribution is -2.04. The fourth-order valence-corrected chi connectivity index (χ4v) is 2.24. The van der Waals surface area contributed by atoms with Crippen molar-refractivity contribution in [3.63, 3.8) is 0 Å². The van der Waals surface area contributed by atoms with Gasteiger partial charge in [0.1, 0.15) is 11.5 Å². The summed E-state index contributed by atoms with van der Waals surface area (Å²) < 4.78 is 15.7. The first-order valence-electron chi connectivity index (χ1n) is 6.54. The van der Waals surface area contributed by atoms with Crippen molar-refractivity contribution in [3.8, 4) is 11.5 Å². The fraction of sp³-hybridized carbons (Fsp3) is 0.200. The molecule has 0 aliphatic rings. The van der Waals surface area contributed by atoms with Gasteiger partial charge in [-0.25, -0.2) is 19.6 Å². The molecule has 0 amide bonds. The normalized spacial score (nSPS) is 9.48. The van der Waals surface area contributed by atoms with Crippen LogP contribution in [0.5, 0.6) is 11.5 Å². The van der Waals surface area contributed by atoms with E-state index in [1.807, 2.05) is 0 Å². The van der Waals surface area contributed by atoms with Gasteiger partial charge in [0, 0.05) is 24.5 Å². The van der Waals surface area contributed by atoms with Crippen LogP contribution in [0.2, 0.25) is 0 Å². The molecule has 10 heteroatoms. The van der Waals surface area contributed by atoms with Gasteiger partial charge in [-0.2, -0.15) is 0 Å². The maximum Gasteiger partial charge on any atom is 0.356 e. The van der Waals surface area contributed by atoms with E-state index in [0.717, 1.165) is 0 Å². The number of hydrogen-bond acceptors (Lipinski definition) is 7. The molecule has 2 aromatic rings. The van der Waals surface area contributed by atoms with Gasteiger partial charge in [-0.15, -0.1) is 0 Å². The number of carboxylic acids is 1. The van der Waals surface area contributed by atoms with Crippen LogP contribution in [0.15, 0.2) is 33.5 Å². The molecule has 0 aliphatic heterocycles. The molecule has 1 N–H and O–H groups in total. The predicted molar refractivity (Wildman–Crippen MR) is 95.3 cm³/mol. The second-order valence-electron chi connectivity index (χ2n) is 4.20. The van der Waals surface area contributed by atoms with Crippen LogP contribution < -0.4 is 9.47 Å². The van der Waals surface area contributed by atoms with Gasteiger partial charge in [-0.05, 0) is 31.9 Å². The molecule has 0 aromatic carbocycles. The van der Waals surface area contributed by atoms with E-state index in [2.05, 4.69) is 46.6 Å². The molecule has 8 nitrogen and oxygen atoms in total. The smallest absolute Gasteiger partial charge is 0.356 e. The van der Waals surface area contributed by atoms with Crippen LogP contribution in [0, 0.1) is 0 Å². The lowest BCUT2D eigenvalue weighted by atomic mass is 10.3. The zero-order valence-corrected chi connectivity index (χ0v) is 16.6. The standard InChI is InChI=1S/C8H8BrNO3.C7H6BrNO3/c1-12-7-3-6(8(11)13-2)10-4-5(7)9;1-12-6-2-5(7(10)11)9-3-4(6)8/h3-4H,1-2H3;2-3H,1H3,(H,10,11). The molecule has 0 spiro atoms. The Labute approximate surface area is 160 Å². The van der Waals surface area contributed by atoms with Crippen molar-refractivity contribution in [2.24, 2.45) is 0 Å². The van der Waals surface area contributed by atoms with Gasteiger partial charge in [0.15, 0.2) is 11.4 Å². The van der Waals surface area contributed by atoms with E-state index in [4.69, 9.17) is 14.6 Å². The Morgan fingerprint density at radius 2 is 1.36 bits per heavy atom. The van der Waals surface area contributed by atoms with Gasteiger partial charge < -0.3 is 19.3 Å². The topological polar surface area (TPSA) is 108 Å². The lowest BCUT2D eigenvalue weighted by molar-refractivity contribution is 0.0592. The number of methoxy groups -OCH3 is 3. The quantitative estimate of drug-likeness (QED) is 0.669. The number of carboxylic acid groups (broad SMARTS) is 1. The van der Waals surface area contributed by atoms with Crippen LogP contribution in [0.3, 0.4) is 0 Å². The highest BCUT2D eigenvalue weighted by Crippen LogP contribution is 2.24. The average molecular weight is 478 g/mol. The Morgan fingerprint density at radius 3 is 1.76 bits per heavy atom. The van der Waals surface area contributed by atoms with Crippen molar-refractivity contribution in [2.45, 2.75) is 0 Å². The minimum absolute atomic E-state index is 0.0324. The number of esters is 1. The molecule has 0 bridgehead atoms. The van der Waals surface area contributed by atoms with E-state index < -0.39 is 11.9 Å². The third-order valence-corrected chi connectivity index (χ3v) is 3.88. The minimum atomic E-state index is -1.07. The summed E-state index contributed by atoms with van der Waals surface area (Å²) >= 11 is 6.38. The molecule has 0 radical (unpaired) electrons. The molecule has 0 saturated carbocycles. The Hall–Kier alpha value is -2.20. The number of ether oxygens (including phenoxy) is 3. The van der Waals surface area contributed by atoms with Crippen LogP contribution in [-0.4, -0.2) is 48.3 Å². The molecule has 0 unspecified atom stereocenters. The van der Waals surface area contributed by atoms with Gasteiger partial charge in [0.2, 0.25) is 0 Å². The molecule has 25 heavy (non-hydrogen) atoms. The number of hydrogen-bond donors (Lipinski definition) is 1. The van der Waals surface area contributed by atoms with E-state index in [1.54, 1.807) is 0 Å². The van der Waals surface area contributed by atoms with E-state index in [9.17, 15) is 9.59 Å². The molecule has 2 aromatic heterocycles. The van der Waals surface area contributed by atoms with E-state index in [1.165, 1.54) is 45.9 Å². The summed E-state index contributed by atoms with van der Waals surface area (Å²) in [5.74, 6) is -0.538. The summed E-state index contributed by atoms with van der Waals surface area (Å²) in [6.07, 6.45) is 2.88. The van der Waals surface area contributed by atoms with Crippen molar-refractivity contribution in [1.29, 1.82) is 0 Å². The van der Waals surface area contributed by atoms with E-state index in [-0.39, 0.29) is 11.4 Å². The summed E-state index contributed by atoms with van der Waals surface area (Å²) in [5, 5.41) is 8.56. The third kappa shape index (κ3) is 5.98. The van der Waals surface area contributed by atoms with E-state index in [0.29, 0.717) is 20.4 Å². The van der Waals surface area contributed by atoms with Gasteiger partial charge >= 0.3 is 11.9 Å². The number of rotatable bonds is 4. The number of aromatic nitrogens is 2. The molecule has 0 saturated heterocycles. The highest BCUT2D eigenvalue weighted by atomic mass is 79.9. The van der Waals surface area contributed by atoms with Crippen molar-refractivity contribution >= 4 is 43.8 Å². The van der Waals surface area contributed by atoms with Crippen molar-refractivity contribution in [2.75, 3.05) is 21.3 Å². The van der Waals surface area contributed by atoms with Crippen molar-refractivity contribution in [3.05, 3.63) is 44.9 Å². The first-order chi connectivity index (χ1) is 11.8.